The summed E-state index contributed by atoms with van der Waals surface area (Å²) in [6, 6.07) is 9.02. The molecule has 0 saturated carbocycles. The zero-order chi connectivity index (χ0) is 18.0. The van der Waals surface area contributed by atoms with Crippen molar-refractivity contribution in [3.63, 3.8) is 0 Å². The third-order valence-corrected chi connectivity index (χ3v) is 4.46. The molecule has 0 aliphatic carbocycles. The van der Waals surface area contributed by atoms with Crippen LogP contribution in [-0.4, -0.2) is 37.1 Å². The van der Waals surface area contributed by atoms with Crippen molar-refractivity contribution in [1.29, 1.82) is 0 Å². The lowest BCUT2D eigenvalue weighted by Gasteiger charge is -2.38. The Kier molecular flexibility index (Phi) is 4.90. The molecule has 0 N–H and O–H groups in total. The summed E-state index contributed by atoms with van der Waals surface area (Å²) in [5, 5.41) is 0. The largest absolute Gasteiger partial charge is 0.490 e. The average Bonchev–Trinajstić information content (AvgIpc) is 2.62. The highest BCUT2D eigenvalue weighted by Gasteiger charge is 2.32. The first-order valence-electron chi connectivity index (χ1n) is 8.16. The van der Waals surface area contributed by atoms with E-state index in [1.165, 1.54) is 19.4 Å². The van der Waals surface area contributed by atoms with Crippen molar-refractivity contribution < 1.29 is 18.7 Å². The average molecular weight is 343 g/mol. The Balaban J connectivity index is 1.85. The van der Waals surface area contributed by atoms with Gasteiger partial charge in [-0.25, -0.2) is 0 Å². The standard InChI is InChI=1S/C19H21NO5/c1-12-6-4-5-7-14(12)17-9-20(13(2)10-24-17)19(22)16-8-15(21)18(23-3)11-25-16/h4-8,11,13,17H,9-10H2,1-3H3/t13-,17+/m0/s1. The number of amides is 1. The number of morpholine rings is 1. The molecule has 6 nitrogen and oxygen atoms in total. The zero-order valence-electron chi connectivity index (χ0n) is 14.5. The van der Waals surface area contributed by atoms with E-state index in [9.17, 15) is 9.59 Å². The molecule has 132 valence electrons. The van der Waals surface area contributed by atoms with Gasteiger partial charge >= 0.3 is 0 Å². The summed E-state index contributed by atoms with van der Waals surface area (Å²) >= 11 is 0. The topological polar surface area (TPSA) is 69.0 Å². The van der Waals surface area contributed by atoms with Crippen molar-refractivity contribution >= 4 is 5.91 Å². The third-order valence-electron chi connectivity index (χ3n) is 4.46. The highest BCUT2D eigenvalue weighted by molar-refractivity contribution is 5.91. The van der Waals surface area contributed by atoms with Gasteiger partial charge in [0.25, 0.3) is 5.91 Å². The van der Waals surface area contributed by atoms with Crippen LogP contribution >= 0.6 is 0 Å². The maximum atomic E-state index is 12.8. The zero-order valence-corrected chi connectivity index (χ0v) is 14.5. The molecule has 3 rings (SSSR count). The van der Waals surface area contributed by atoms with Crippen molar-refractivity contribution in [2.24, 2.45) is 0 Å². The Morgan fingerprint density at radius 2 is 2.08 bits per heavy atom. The van der Waals surface area contributed by atoms with Gasteiger partial charge in [-0.15, -0.1) is 0 Å². The quantitative estimate of drug-likeness (QED) is 0.857. The van der Waals surface area contributed by atoms with Crippen molar-refractivity contribution in [1.82, 2.24) is 4.90 Å². The SMILES string of the molecule is COc1coc(C(=O)N2C[C@H](c3ccccc3C)OC[C@@H]2C)cc1=O. The Morgan fingerprint density at radius 1 is 1.32 bits per heavy atom. The van der Waals surface area contributed by atoms with E-state index in [1.54, 1.807) is 4.90 Å². The van der Waals surface area contributed by atoms with E-state index in [2.05, 4.69) is 0 Å². The van der Waals surface area contributed by atoms with Crippen LogP contribution in [0.5, 0.6) is 5.75 Å². The molecule has 0 bridgehead atoms. The fourth-order valence-electron chi connectivity index (χ4n) is 2.98. The summed E-state index contributed by atoms with van der Waals surface area (Å²) in [5.74, 6) is -0.249. The molecule has 2 aromatic rings. The van der Waals surface area contributed by atoms with Gasteiger partial charge in [0.1, 0.15) is 12.4 Å². The predicted octanol–water partition coefficient (Wildman–Crippen LogP) is 2.56. The number of ether oxygens (including phenoxy) is 2. The van der Waals surface area contributed by atoms with Gasteiger partial charge < -0.3 is 18.8 Å². The summed E-state index contributed by atoms with van der Waals surface area (Å²) in [4.78, 5) is 26.4. The second kappa shape index (κ2) is 7.11. The first-order valence-corrected chi connectivity index (χ1v) is 8.16. The van der Waals surface area contributed by atoms with Crippen LogP contribution in [0.2, 0.25) is 0 Å². The van der Waals surface area contributed by atoms with Gasteiger partial charge in [-0.1, -0.05) is 24.3 Å². The third kappa shape index (κ3) is 3.44. The van der Waals surface area contributed by atoms with Gasteiger partial charge in [-0.3, -0.25) is 9.59 Å². The number of hydrogen-bond acceptors (Lipinski definition) is 5. The van der Waals surface area contributed by atoms with Gasteiger partial charge in [0.15, 0.2) is 5.76 Å². The molecule has 0 radical (unpaired) electrons. The molecule has 1 aliphatic rings. The van der Waals surface area contributed by atoms with E-state index in [4.69, 9.17) is 13.9 Å². The van der Waals surface area contributed by atoms with Crippen LogP contribution < -0.4 is 10.2 Å². The molecule has 2 atom stereocenters. The van der Waals surface area contributed by atoms with Crippen LogP contribution in [0, 0.1) is 6.92 Å². The molecule has 25 heavy (non-hydrogen) atoms. The summed E-state index contributed by atoms with van der Waals surface area (Å²) in [7, 11) is 1.38. The lowest BCUT2D eigenvalue weighted by molar-refractivity contribution is -0.0498. The van der Waals surface area contributed by atoms with Gasteiger partial charge in [-0.2, -0.15) is 0 Å². The first-order chi connectivity index (χ1) is 12.0. The van der Waals surface area contributed by atoms with Gasteiger partial charge in [0, 0.05) is 6.07 Å². The number of nitrogens with zero attached hydrogens (tertiary/aromatic N) is 1. The molecule has 1 amide bonds. The van der Waals surface area contributed by atoms with Crippen LogP contribution in [0.3, 0.4) is 0 Å². The number of methoxy groups -OCH3 is 1. The molecule has 1 aromatic carbocycles. The highest BCUT2D eigenvalue weighted by atomic mass is 16.5. The van der Waals surface area contributed by atoms with E-state index in [1.807, 2.05) is 38.1 Å². The summed E-state index contributed by atoms with van der Waals surface area (Å²) in [6.07, 6.45) is 0.964. The Bertz CT molecular complexity index is 829. The molecule has 1 fully saturated rings. The summed E-state index contributed by atoms with van der Waals surface area (Å²) in [5.41, 5.74) is 1.79. The Hall–Kier alpha value is -2.60. The fraction of sp³-hybridized carbons (Fsp3) is 0.368. The molecule has 2 heterocycles. The first kappa shape index (κ1) is 17.2. The maximum absolute atomic E-state index is 12.8. The summed E-state index contributed by atoms with van der Waals surface area (Å²) < 4.78 is 16.1. The fourth-order valence-corrected chi connectivity index (χ4v) is 2.98. The van der Waals surface area contributed by atoms with Crippen molar-refractivity contribution in [2.45, 2.75) is 26.0 Å². The number of aryl methyl sites for hydroxylation is 1. The number of carbonyl (C=O) groups excluding carboxylic acids is 1. The van der Waals surface area contributed by atoms with Crippen LogP contribution in [0.4, 0.5) is 0 Å². The van der Waals surface area contributed by atoms with Crippen molar-refractivity contribution in [3.8, 4) is 5.75 Å². The number of rotatable bonds is 3. The number of benzene rings is 1. The highest BCUT2D eigenvalue weighted by Crippen LogP contribution is 2.28. The maximum Gasteiger partial charge on any atom is 0.290 e. The second-order valence-corrected chi connectivity index (χ2v) is 6.16. The molecule has 0 unspecified atom stereocenters. The van der Waals surface area contributed by atoms with Crippen molar-refractivity contribution in [2.75, 3.05) is 20.3 Å². The molecule has 0 spiro atoms. The van der Waals surface area contributed by atoms with E-state index in [-0.39, 0.29) is 35.0 Å². The minimum absolute atomic E-state index is 0.00286. The lowest BCUT2D eigenvalue weighted by atomic mass is 10.0. The van der Waals surface area contributed by atoms with E-state index in [0.29, 0.717) is 13.2 Å². The van der Waals surface area contributed by atoms with E-state index < -0.39 is 0 Å². The summed E-state index contributed by atoms with van der Waals surface area (Å²) in [6.45, 7) is 4.75. The van der Waals surface area contributed by atoms with Crippen molar-refractivity contribution in [3.05, 3.63) is 63.7 Å². The molecular formula is C19H21NO5. The van der Waals surface area contributed by atoms with Gasteiger partial charge in [-0.05, 0) is 25.0 Å². The lowest BCUT2D eigenvalue weighted by Crippen LogP contribution is -2.48. The molecule has 1 aromatic heterocycles. The minimum Gasteiger partial charge on any atom is -0.490 e. The number of carbonyl (C=O) groups is 1. The minimum atomic E-state index is -0.381. The van der Waals surface area contributed by atoms with E-state index in [0.717, 1.165) is 11.1 Å². The molecular weight excluding hydrogens is 322 g/mol. The number of hydrogen-bond donors (Lipinski definition) is 0. The predicted molar refractivity (Wildman–Crippen MR) is 91.9 cm³/mol. The Morgan fingerprint density at radius 3 is 2.76 bits per heavy atom. The van der Waals surface area contributed by atoms with Crippen LogP contribution in [-0.2, 0) is 4.74 Å². The van der Waals surface area contributed by atoms with Crippen LogP contribution in [0.15, 0.2) is 45.8 Å². The Labute approximate surface area is 146 Å². The van der Waals surface area contributed by atoms with Crippen LogP contribution in [0.1, 0.15) is 34.7 Å². The normalized spacial score (nSPS) is 20.4. The smallest absolute Gasteiger partial charge is 0.290 e. The van der Waals surface area contributed by atoms with Gasteiger partial charge in [0.2, 0.25) is 11.2 Å². The molecule has 1 saturated heterocycles. The molecule has 1 aliphatic heterocycles. The van der Waals surface area contributed by atoms with Gasteiger partial charge in [0.05, 0.1) is 26.3 Å². The van der Waals surface area contributed by atoms with E-state index >= 15 is 0 Å². The second-order valence-electron chi connectivity index (χ2n) is 6.16. The monoisotopic (exact) mass is 343 g/mol. The van der Waals surface area contributed by atoms with Crippen LogP contribution in [0.25, 0.3) is 0 Å². The molecule has 6 heteroatoms.